The monoisotopic (exact) mass is 170 g/mol. The highest BCUT2D eigenvalue weighted by molar-refractivity contribution is 6.31. The van der Waals surface area contributed by atoms with Gasteiger partial charge in [0.25, 0.3) is 0 Å². The summed E-state index contributed by atoms with van der Waals surface area (Å²) in [6, 6.07) is 1.84. The van der Waals surface area contributed by atoms with Crippen LogP contribution in [0, 0.1) is 11.3 Å². The molecule has 5 nitrogen and oxygen atoms in total. The number of aliphatic carboxylic acids is 1. The highest BCUT2D eigenvalue weighted by atomic mass is 16.4. The Hall–Kier alpha value is -1.57. The normalized spacial score (nSPS) is 8.67. The summed E-state index contributed by atoms with van der Waals surface area (Å²) in [6.07, 6.45) is 0.160. The third kappa shape index (κ3) is 3.01. The van der Waals surface area contributed by atoms with Crippen LogP contribution < -0.4 is 0 Å². The van der Waals surface area contributed by atoms with Gasteiger partial charge in [-0.2, -0.15) is 5.26 Å². The van der Waals surface area contributed by atoms with Gasteiger partial charge in [-0.3, -0.25) is 4.79 Å². The molecule has 0 aromatic rings. The summed E-state index contributed by atoms with van der Waals surface area (Å²) in [6.45, 7) is 2.16. The first-order valence-electron chi connectivity index (χ1n) is 3.52. The number of carboxylic acids is 1. The second kappa shape index (κ2) is 5.13. The molecule has 0 unspecified atom stereocenters. The highest BCUT2D eigenvalue weighted by Gasteiger charge is 2.18. The Bertz CT molecular complexity index is 219. The molecule has 0 bridgehead atoms. The summed E-state index contributed by atoms with van der Waals surface area (Å²) >= 11 is 0. The van der Waals surface area contributed by atoms with Crippen molar-refractivity contribution < 1.29 is 14.7 Å². The number of hydrogen-bond donors (Lipinski definition) is 1. The fourth-order valence-electron chi connectivity index (χ4n) is 0.723. The molecule has 0 heterocycles. The van der Waals surface area contributed by atoms with E-state index >= 15 is 0 Å². The van der Waals surface area contributed by atoms with Gasteiger partial charge in [0.2, 0.25) is 0 Å². The number of amides is 1. The Morgan fingerprint density at radius 2 is 2.17 bits per heavy atom. The van der Waals surface area contributed by atoms with Crippen molar-refractivity contribution >= 4 is 11.9 Å². The van der Waals surface area contributed by atoms with E-state index in [2.05, 4.69) is 0 Å². The van der Waals surface area contributed by atoms with Crippen molar-refractivity contribution in [3.63, 3.8) is 0 Å². The van der Waals surface area contributed by atoms with Crippen LogP contribution in [0.5, 0.6) is 0 Å². The van der Waals surface area contributed by atoms with Gasteiger partial charge < -0.3 is 10.0 Å². The molecule has 0 fully saturated rings. The van der Waals surface area contributed by atoms with Gasteiger partial charge >= 0.3 is 11.9 Å². The van der Waals surface area contributed by atoms with Crippen LogP contribution in [-0.4, -0.2) is 35.0 Å². The summed E-state index contributed by atoms with van der Waals surface area (Å²) in [5.74, 6) is -2.43. The number of carboxylic acid groups (broad SMARTS) is 1. The molecule has 0 radical (unpaired) electrons. The molecular weight excluding hydrogens is 160 g/mol. The van der Waals surface area contributed by atoms with Gasteiger partial charge in [0.15, 0.2) is 0 Å². The molecule has 0 spiro atoms. The van der Waals surface area contributed by atoms with Crippen molar-refractivity contribution in [1.29, 1.82) is 5.26 Å². The summed E-state index contributed by atoms with van der Waals surface area (Å²) in [4.78, 5) is 22.1. The summed E-state index contributed by atoms with van der Waals surface area (Å²) in [7, 11) is 0. The molecule has 12 heavy (non-hydrogen) atoms. The Labute approximate surface area is 70.2 Å². The number of hydrogen-bond acceptors (Lipinski definition) is 3. The van der Waals surface area contributed by atoms with Crippen molar-refractivity contribution in [3.8, 4) is 6.07 Å². The summed E-state index contributed by atoms with van der Waals surface area (Å²) in [5, 5.41) is 16.5. The Morgan fingerprint density at radius 1 is 1.58 bits per heavy atom. The van der Waals surface area contributed by atoms with E-state index in [0.29, 0.717) is 6.54 Å². The van der Waals surface area contributed by atoms with Crippen molar-refractivity contribution in [2.75, 3.05) is 13.1 Å². The van der Waals surface area contributed by atoms with Gasteiger partial charge in [0.1, 0.15) is 0 Å². The van der Waals surface area contributed by atoms with E-state index in [0.717, 1.165) is 4.90 Å². The maximum Gasteiger partial charge on any atom is 0.394 e. The van der Waals surface area contributed by atoms with Crippen LogP contribution in [0.25, 0.3) is 0 Å². The lowest BCUT2D eigenvalue weighted by atomic mass is 10.4. The molecular formula is C7H10N2O3. The van der Waals surface area contributed by atoms with E-state index in [1.807, 2.05) is 6.07 Å². The maximum absolute atomic E-state index is 10.8. The van der Waals surface area contributed by atoms with Gasteiger partial charge in [-0.1, -0.05) is 0 Å². The number of rotatable bonds is 3. The summed E-state index contributed by atoms with van der Waals surface area (Å²) in [5.41, 5.74) is 0. The second-order valence-corrected chi connectivity index (χ2v) is 2.10. The van der Waals surface area contributed by atoms with E-state index in [1.54, 1.807) is 6.92 Å². The van der Waals surface area contributed by atoms with E-state index < -0.39 is 11.9 Å². The third-order valence-corrected chi connectivity index (χ3v) is 1.35. The minimum atomic E-state index is -1.48. The first kappa shape index (κ1) is 10.4. The fourth-order valence-corrected chi connectivity index (χ4v) is 0.723. The topological polar surface area (TPSA) is 81.4 Å². The Kier molecular flexibility index (Phi) is 4.46. The molecule has 0 saturated heterocycles. The Balaban J connectivity index is 4.07. The molecule has 0 aromatic carbocycles. The quantitative estimate of drug-likeness (QED) is 0.596. The average Bonchev–Trinajstić information content (AvgIpc) is 2.05. The van der Waals surface area contributed by atoms with Crippen molar-refractivity contribution in [2.24, 2.45) is 0 Å². The van der Waals surface area contributed by atoms with Crippen LogP contribution in [0.2, 0.25) is 0 Å². The number of carbonyl (C=O) groups is 2. The van der Waals surface area contributed by atoms with Crippen LogP contribution in [0.15, 0.2) is 0 Å². The van der Waals surface area contributed by atoms with E-state index in [1.165, 1.54) is 0 Å². The molecule has 66 valence electrons. The average molecular weight is 170 g/mol. The van der Waals surface area contributed by atoms with Crippen molar-refractivity contribution in [1.82, 2.24) is 4.90 Å². The molecule has 0 aromatic heterocycles. The zero-order valence-corrected chi connectivity index (χ0v) is 6.78. The lowest BCUT2D eigenvalue weighted by molar-refractivity contribution is -0.155. The predicted octanol–water partition coefficient (Wildman–Crippen LogP) is -0.167. The first-order valence-corrected chi connectivity index (χ1v) is 3.52. The summed E-state index contributed by atoms with van der Waals surface area (Å²) < 4.78 is 0. The number of nitrogens with zero attached hydrogens (tertiary/aromatic N) is 2. The van der Waals surface area contributed by atoms with Gasteiger partial charge in [0, 0.05) is 13.1 Å². The molecule has 0 aliphatic carbocycles. The zero-order valence-electron chi connectivity index (χ0n) is 6.78. The van der Waals surface area contributed by atoms with Gasteiger partial charge in [-0.15, -0.1) is 0 Å². The molecule has 5 heteroatoms. The van der Waals surface area contributed by atoms with E-state index in [4.69, 9.17) is 10.4 Å². The van der Waals surface area contributed by atoms with Crippen LogP contribution >= 0.6 is 0 Å². The van der Waals surface area contributed by atoms with Crippen LogP contribution in [-0.2, 0) is 9.59 Å². The lowest BCUT2D eigenvalue weighted by Gasteiger charge is -2.15. The Morgan fingerprint density at radius 3 is 2.50 bits per heavy atom. The minimum Gasteiger partial charge on any atom is -0.474 e. The van der Waals surface area contributed by atoms with Crippen LogP contribution in [0.4, 0.5) is 0 Å². The van der Waals surface area contributed by atoms with Crippen LogP contribution in [0.3, 0.4) is 0 Å². The smallest absolute Gasteiger partial charge is 0.394 e. The van der Waals surface area contributed by atoms with Crippen molar-refractivity contribution in [2.45, 2.75) is 13.3 Å². The second-order valence-electron chi connectivity index (χ2n) is 2.10. The molecule has 0 saturated carbocycles. The maximum atomic E-state index is 10.8. The largest absolute Gasteiger partial charge is 0.474 e. The van der Waals surface area contributed by atoms with Gasteiger partial charge in [-0.05, 0) is 6.92 Å². The SMILES string of the molecule is CCN(CCC#N)C(=O)C(=O)O. The van der Waals surface area contributed by atoms with E-state index in [9.17, 15) is 9.59 Å². The number of nitriles is 1. The van der Waals surface area contributed by atoms with Crippen LogP contribution in [0.1, 0.15) is 13.3 Å². The standard InChI is InChI=1S/C7H10N2O3/c1-2-9(5-3-4-8)6(10)7(11)12/h2-3,5H2,1H3,(H,11,12). The molecule has 0 aliphatic rings. The predicted molar refractivity (Wildman–Crippen MR) is 40.1 cm³/mol. The molecule has 0 atom stereocenters. The molecule has 0 rings (SSSR count). The van der Waals surface area contributed by atoms with Crippen molar-refractivity contribution in [3.05, 3.63) is 0 Å². The zero-order chi connectivity index (χ0) is 9.56. The number of carbonyl (C=O) groups excluding carboxylic acids is 1. The molecule has 1 amide bonds. The van der Waals surface area contributed by atoms with Gasteiger partial charge in [-0.25, -0.2) is 4.79 Å². The third-order valence-electron chi connectivity index (χ3n) is 1.35. The highest BCUT2D eigenvalue weighted by Crippen LogP contribution is 1.91. The minimum absolute atomic E-state index is 0.160. The van der Waals surface area contributed by atoms with Gasteiger partial charge in [0.05, 0.1) is 12.5 Å². The molecule has 1 N–H and O–H groups in total. The van der Waals surface area contributed by atoms with E-state index in [-0.39, 0.29) is 13.0 Å². The fraction of sp³-hybridized carbons (Fsp3) is 0.571. The number of likely N-dealkylation sites (N-methyl/N-ethyl adjacent to an activating group) is 1. The first-order chi connectivity index (χ1) is 5.63. The molecule has 0 aliphatic heterocycles. The lowest BCUT2D eigenvalue weighted by Crippen LogP contribution is -2.36.